The Bertz CT molecular complexity index is 318. The van der Waals surface area contributed by atoms with Gasteiger partial charge in [-0.1, -0.05) is 6.92 Å². The lowest BCUT2D eigenvalue weighted by molar-refractivity contribution is -0.146. The van der Waals surface area contributed by atoms with Gasteiger partial charge in [-0.15, -0.1) is 0 Å². The average Bonchev–Trinajstić information content (AvgIpc) is 2.85. The van der Waals surface area contributed by atoms with E-state index in [1.807, 2.05) is 18.7 Å². The van der Waals surface area contributed by atoms with Crippen molar-refractivity contribution in [3.63, 3.8) is 0 Å². The van der Waals surface area contributed by atoms with Gasteiger partial charge in [0.1, 0.15) is 0 Å². The van der Waals surface area contributed by atoms with E-state index >= 15 is 0 Å². The van der Waals surface area contributed by atoms with Crippen LogP contribution in [0.15, 0.2) is 0 Å². The molecule has 5 heteroatoms. The molecule has 3 unspecified atom stereocenters. The van der Waals surface area contributed by atoms with Gasteiger partial charge in [0.2, 0.25) is 0 Å². The average molecular weight is 287 g/mol. The number of nitrogens with zero attached hydrogens (tertiary/aromatic N) is 1. The fraction of sp³-hybridized carbons (Fsp3) is 0.929. The van der Waals surface area contributed by atoms with Crippen LogP contribution in [0.25, 0.3) is 0 Å². The van der Waals surface area contributed by atoms with Crippen LogP contribution in [0.3, 0.4) is 0 Å². The van der Waals surface area contributed by atoms with Crippen molar-refractivity contribution in [1.82, 2.24) is 4.90 Å². The molecule has 110 valence electrons. The van der Waals surface area contributed by atoms with Crippen molar-refractivity contribution in [2.45, 2.75) is 37.8 Å². The summed E-state index contributed by atoms with van der Waals surface area (Å²) in [5, 5.41) is 0. The second kappa shape index (κ2) is 6.46. The summed E-state index contributed by atoms with van der Waals surface area (Å²) < 4.78 is 10.8. The number of carbonyl (C=O) groups is 1. The van der Waals surface area contributed by atoms with Crippen molar-refractivity contribution in [3.05, 3.63) is 0 Å². The summed E-state index contributed by atoms with van der Waals surface area (Å²) in [6.07, 6.45) is 3.34. The molecular weight excluding hydrogens is 262 g/mol. The Balaban J connectivity index is 1.88. The van der Waals surface area contributed by atoms with Gasteiger partial charge in [0.15, 0.2) is 0 Å². The number of hydrogen-bond donors (Lipinski definition) is 0. The minimum Gasteiger partial charge on any atom is -0.469 e. The number of methoxy groups -OCH3 is 1. The summed E-state index contributed by atoms with van der Waals surface area (Å²) in [6, 6.07) is 0.527. The van der Waals surface area contributed by atoms with Crippen LogP contribution in [-0.2, 0) is 14.3 Å². The first-order valence-electron chi connectivity index (χ1n) is 7.06. The fourth-order valence-electron chi connectivity index (χ4n) is 3.10. The van der Waals surface area contributed by atoms with E-state index in [0.29, 0.717) is 6.04 Å². The van der Waals surface area contributed by atoms with Gasteiger partial charge < -0.3 is 14.4 Å². The van der Waals surface area contributed by atoms with Crippen LogP contribution in [-0.4, -0.2) is 61.3 Å². The van der Waals surface area contributed by atoms with Crippen LogP contribution in [0.5, 0.6) is 0 Å². The molecular formula is C14H25NO3S. The monoisotopic (exact) mass is 287 g/mol. The van der Waals surface area contributed by atoms with E-state index in [1.54, 1.807) is 0 Å². The number of esters is 1. The zero-order chi connectivity index (χ0) is 13.9. The Kier molecular flexibility index (Phi) is 5.15. The van der Waals surface area contributed by atoms with Crippen LogP contribution in [0.4, 0.5) is 0 Å². The molecule has 19 heavy (non-hydrogen) atoms. The first-order valence-corrected chi connectivity index (χ1v) is 8.21. The van der Waals surface area contributed by atoms with E-state index < -0.39 is 0 Å². The van der Waals surface area contributed by atoms with Crippen molar-refractivity contribution in [1.29, 1.82) is 0 Å². The number of hydrogen-bond acceptors (Lipinski definition) is 5. The Morgan fingerprint density at radius 2 is 2.42 bits per heavy atom. The predicted octanol–water partition coefficient (Wildman–Crippen LogP) is 1.78. The number of ether oxygens (including phenoxy) is 2. The zero-order valence-corrected chi connectivity index (χ0v) is 13.0. The largest absolute Gasteiger partial charge is 0.469 e. The maximum Gasteiger partial charge on any atom is 0.309 e. The molecule has 0 aromatic rings. The molecule has 2 aliphatic rings. The molecule has 0 amide bonds. The van der Waals surface area contributed by atoms with Gasteiger partial charge in [-0.3, -0.25) is 4.79 Å². The standard InChI is InChI=1S/C14H25NO3S/c1-11(13(16)17-3)9-15(2)12-4-6-18-14(8-12)5-7-19-10-14/h11-12H,4-10H2,1-3H3. The van der Waals surface area contributed by atoms with Gasteiger partial charge in [-0.05, 0) is 32.1 Å². The molecule has 0 N–H and O–H groups in total. The van der Waals surface area contributed by atoms with E-state index in [1.165, 1.54) is 19.3 Å². The first-order chi connectivity index (χ1) is 9.06. The van der Waals surface area contributed by atoms with Crippen LogP contribution < -0.4 is 0 Å². The second-order valence-corrected chi connectivity index (χ2v) is 6.95. The lowest BCUT2D eigenvalue weighted by Crippen LogP contribution is -2.49. The molecule has 2 aliphatic heterocycles. The molecule has 0 aromatic carbocycles. The third-order valence-electron chi connectivity index (χ3n) is 4.32. The molecule has 2 heterocycles. The highest BCUT2D eigenvalue weighted by Crippen LogP contribution is 2.39. The van der Waals surface area contributed by atoms with Gasteiger partial charge >= 0.3 is 5.97 Å². The van der Waals surface area contributed by atoms with Crippen LogP contribution >= 0.6 is 11.8 Å². The van der Waals surface area contributed by atoms with E-state index in [2.05, 4.69) is 11.9 Å². The quantitative estimate of drug-likeness (QED) is 0.737. The van der Waals surface area contributed by atoms with E-state index in [-0.39, 0.29) is 17.5 Å². The zero-order valence-electron chi connectivity index (χ0n) is 12.2. The number of carbonyl (C=O) groups excluding carboxylic acids is 1. The molecule has 2 rings (SSSR count). The summed E-state index contributed by atoms with van der Waals surface area (Å²) in [4.78, 5) is 13.8. The highest BCUT2D eigenvalue weighted by atomic mass is 32.2. The Morgan fingerprint density at radius 1 is 1.63 bits per heavy atom. The summed E-state index contributed by atoms with van der Waals surface area (Å²) in [5.74, 6) is 2.16. The van der Waals surface area contributed by atoms with Gasteiger partial charge in [0, 0.05) is 24.9 Å². The van der Waals surface area contributed by atoms with Crippen molar-refractivity contribution >= 4 is 17.7 Å². The molecule has 1 spiro atoms. The minimum absolute atomic E-state index is 0.0632. The Morgan fingerprint density at radius 3 is 3.05 bits per heavy atom. The SMILES string of the molecule is COC(=O)C(C)CN(C)C1CCOC2(CCSC2)C1. The molecule has 2 fully saturated rings. The maximum atomic E-state index is 11.5. The summed E-state index contributed by atoms with van der Waals surface area (Å²) in [7, 11) is 3.57. The van der Waals surface area contributed by atoms with Crippen LogP contribution in [0.2, 0.25) is 0 Å². The lowest BCUT2D eigenvalue weighted by atomic mass is 9.89. The number of rotatable bonds is 4. The van der Waals surface area contributed by atoms with Gasteiger partial charge in [-0.2, -0.15) is 11.8 Å². The summed E-state index contributed by atoms with van der Waals surface area (Å²) in [6.45, 7) is 3.55. The van der Waals surface area contributed by atoms with Crippen LogP contribution in [0.1, 0.15) is 26.2 Å². The minimum atomic E-state index is -0.120. The molecule has 0 aromatic heterocycles. The highest BCUT2D eigenvalue weighted by molar-refractivity contribution is 7.99. The Hall–Kier alpha value is -0.260. The van der Waals surface area contributed by atoms with Crippen molar-refractivity contribution in [2.24, 2.45) is 5.92 Å². The third kappa shape index (κ3) is 3.64. The number of thioether (sulfide) groups is 1. The van der Waals surface area contributed by atoms with E-state index in [9.17, 15) is 4.79 Å². The van der Waals surface area contributed by atoms with Crippen molar-refractivity contribution in [3.8, 4) is 0 Å². The lowest BCUT2D eigenvalue weighted by Gasteiger charge is -2.41. The first kappa shape index (κ1) is 15.1. The van der Waals surface area contributed by atoms with E-state index in [0.717, 1.165) is 31.7 Å². The van der Waals surface area contributed by atoms with Gasteiger partial charge in [0.05, 0.1) is 18.6 Å². The maximum absolute atomic E-state index is 11.5. The summed E-state index contributed by atoms with van der Waals surface area (Å²) in [5.41, 5.74) is 0.107. The van der Waals surface area contributed by atoms with Crippen LogP contribution in [0, 0.1) is 5.92 Å². The molecule has 2 saturated heterocycles. The second-order valence-electron chi connectivity index (χ2n) is 5.84. The molecule has 3 atom stereocenters. The van der Waals surface area contributed by atoms with Crippen molar-refractivity contribution < 1.29 is 14.3 Å². The van der Waals surface area contributed by atoms with Gasteiger partial charge in [-0.25, -0.2) is 0 Å². The predicted molar refractivity (Wildman–Crippen MR) is 77.5 cm³/mol. The molecule has 0 aliphatic carbocycles. The highest BCUT2D eigenvalue weighted by Gasteiger charge is 2.41. The summed E-state index contributed by atoms with van der Waals surface area (Å²) >= 11 is 2.00. The smallest absolute Gasteiger partial charge is 0.309 e. The third-order valence-corrected chi connectivity index (χ3v) is 5.55. The molecule has 0 radical (unpaired) electrons. The van der Waals surface area contributed by atoms with E-state index in [4.69, 9.17) is 9.47 Å². The topological polar surface area (TPSA) is 38.8 Å². The normalized spacial score (nSPS) is 32.7. The fourth-order valence-corrected chi connectivity index (χ4v) is 4.48. The van der Waals surface area contributed by atoms with Crippen molar-refractivity contribution in [2.75, 3.05) is 38.8 Å². The molecule has 4 nitrogen and oxygen atoms in total. The molecule has 0 bridgehead atoms. The molecule has 0 saturated carbocycles. The Labute approximate surface area is 120 Å². The van der Waals surface area contributed by atoms with Gasteiger partial charge in [0.25, 0.3) is 0 Å².